The first kappa shape index (κ1) is 16.4. The van der Waals surface area contributed by atoms with E-state index >= 15 is 0 Å². The Labute approximate surface area is 140 Å². The Morgan fingerprint density at radius 1 is 1.22 bits per heavy atom. The Morgan fingerprint density at radius 3 is 2.61 bits per heavy atom. The van der Waals surface area contributed by atoms with Gasteiger partial charge in [0.2, 0.25) is 10.0 Å². The zero-order valence-corrected chi connectivity index (χ0v) is 14.9. The molecule has 1 N–H and O–H groups in total. The summed E-state index contributed by atoms with van der Waals surface area (Å²) in [5.41, 5.74) is 0.850. The summed E-state index contributed by atoms with van der Waals surface area (Å²) >= 11 is 1.26. The van der Waals surface area contributed by atoms with Gasteiger partial charge >= 0.3 is 0 Å². The normalized spacial score (nSPS) is 15.3. The summed E-state index contributed by atoms with van der Waals surface area (Å²) in [6.45, 7) is 5.88. The highest BCUT2D eigenvalue weighted by molar-refractivity contribution is 7.91. The smallest absolute Gasteiger partial charge is 0.250 e. The van der Waals surface area contributed by atoms with E-state index in [-0.39, 0.29) is 6.54 Å². The second kappa shape index (κ2) is 6.54. The maximum absolute atomic E-state index is 12.3. The molecule has 0 amide bonds. The Morgan fingerprint density at radius 2 is 1.96 bits per heavy atom. The Kier molecular flexibility index (Phi) is 4.65. The zero-order chi connectivity index (χ0) is 16.4. The van der Waals surface area contributed by atoms with Gasteiger partial charge in [-0.1, -0.05) is 0 Å². The Hall–Kier alpha value is -1.51. The Balaban J connectivity index is 1.75. The van der Waals surface area contributed by atoms with Crippen LogP contribution in [0.2, 0.25) is 0 Å². The van der Waals surface area contributed by atoms with E-state index in [9.17, 15) is 8.42 Å². The van der Waals surface area contributed by atoms with Crippen LogP contribution in [0.5, 0.6) is 0 Å². The number of hydrogen-bond acceptors (Lipinski definition) is 6. The third-order valence-corrected chi connectivity index (χ3v) is 6.61. The summed E-state index contributed by atoms with van der Waals surface area (Å²) in [6.07, 6.45) is 2.34. The van der Waals surface area contributed by atoms with E-state index in [2.05, 4.69) is 19.6 Å². The fourth-order valence-corrected chi connectivity index (χ4v) is 4.89. The second-order valence-corrected chi connectivity index (χ2v) is 8.95. The predicted molar refractivity (Wildman–Crippen MR) is 91.3 cm³/mol. The molecule has 0 unspecified atom stereocenters. The number of thiophene rings is 1. The molecule has 0 spiro atoms. The Bertz CT molecular complexity index is 796. The molecule has 2 aromatic heterocycles. The van der Waals surface area contributed by atoms with Crippen LogP contribution in [-0.2, 0) is 16.6 Å². The number of aromatic nitrogens is 2. The van der Waals surface area contributed by atoms with Gasteiger partial charge in [0, 0.05) is 29.7 Å². The molecule has 0 radical (unpaired) electrons. The van der Waals surface area contributed by atoms with Crippen LogP contribution in [0, 0.1) is 13.8 Å². The first-order valence-corrected chi connectivity index (χ1v) is 9.90. The van der Waals surface area contributed by atoms with Crippen molar-refractivity contribution in [3.63, 3.8) is 0 Å². The predicted octanol–water partition coefficient (Wildman–Crippen LogP) is 2.23. The van der Waals surface area contributed by atoms with Gasteiger partial charge < -0.3 is 4.90 Å². The van der Waals surface area contributed by atoms with Crippen molar-refractivity contribution < 1.29 is 8.42 Å². The van der Waals surface area contributed by atoms with Crippen molar-refractivity contribution in [2.24, 2.45) is 0 Å². The van der Waals surface area contributed by atoms with Crippen LogP contribution in [0.25, 0.3) is 0 Å². The lowest BCUT2D eigenvalue weighted by molar-refractivity contribution is 0.581. The number of hydrogen-bond donors (Lipinski definition) is 1. The molecule has 8 heteroatoms. The highest BCUT2D eigenvalue weighted by Crippen LogP contribution is 2.21. The molecule has 124 valence electrons. The summed E-state index contributed by atoms with van der Waals surface area (Å²) < 4.78 is 27.5. The first-order valence-electron chi connectivity index (χ1n) is 7.60. The van der Waals surface area contributed by atoms with Gasteiger partial charge in [-0.05, 0) is 38.8 Å². The number of anilines is 1. The quantitative estimate of drug-likeness (QED) is 0.893. The van der Waals surface area contributed by atoms with E-state index < -0.39 is 10.0 Å². The first-order chi connectivity index (χ1) is 10.9. The standard InChI is InChI=1S/C15H20N4O2S2/c1-11-9-14(19-7-3-4-8-19)18-13(17-11)10-16-23(20,21)15-6-5-12(2)22-15/h5-6,9,16H,3-4,7-8,10H2,1-2H3. The number of nitrogens with zero attached hydrogens (tertiary/aromatic N) is 3. The van der Waals surface area contributed by atoms with Gasteiger partial charge in [0.15, 0.2) is 0 Å². The molecule has 0 bridgehead atoms. The largest absolute Gasteiger partial charge is 0.357 e. The van der Waals surface area contributed by atoms with Crippen LogP contribution >= 0.6 is 11.3 Å². The minimum atomic E-state index is -3.51. The van der Waals surface area contributed by atoms with Gasteiger partial charge in [0.05, 0.1) is 6.54 Å². The van der Waals surface area contributed by atoms with Gasteiger partial charge in [0.1, 0.15) is 15.9 Å². The molecule has 1 aliphatic rings. The minimum absolute atomic E-state index is 0.0990. The molecule has 0 saturated carbocycles. The van der Waals surface area contributed by atoms with Crippen molar-refractivity contribution in [1.82, 2.24) is 14.7 Å². The van der Waals surface area contributed by atoms with Crippen molar-refractivity contribution in [3.05, 3.63) is 34.6 Å². The van der Waals surface area contributed by atoms with Crippen molar-refractivity contribution in [3.8, 4) is 0 Å². The van der Waals surface area contributed by atoms with Crippen LogP contribution in [-0.4, -0.2) is 31.5 Å². The average Bonchev–Trinajstić information content (AvgIpc) is 3.16. The SMILES string of the molecule is Cc1cc(N2CCCC2)nc(CNS(=O)(=O)c2ccc(C)s2)n1. The molecule has 23 heavy (non-hydrogen) atoms. The van der Waals surface area contributed by atoms with Crippen molar-refractivity contribution in [2.45, 2.75) is 37.4 Å². The third kappa shape index (κ3) is 3.88. The second-order valence-electron chi connectivity index (χ2n) is 5.67. The van der Waals surface area contributed by atoms with Crippen LogP contribution in [0.15, 0.2) is 22.4 Å². The zero-order valence-electron chi connectivity index (χ0n) is 13.2. The van der Waals surface area contributed by atoms with Gasteiger partial charge in [-0.2, -0.15) is 0 Å². The molecule has 0 aromatic carbocycles. The number of rotatable bonds is 5. The van der Waals surface area contributed by atoms with E-state index in [0.717, 1.165) is 29.5 Å². The molecule has 6 nitrogen and oxygen atoms in total. The molecule has 2 aromatic rings. The van der Waals surface area contributed by atoms with E-state index in [1.54, 1.807) is 12.1 Å². The van der Waals surface area contributed by atoms with E-state index in [4.69, 9.17) is 0 Å². The lowest BCUT2D eigenvalue weighted by atomic mass is 10.4. The lowest BCUT2D eigenvalue weighted by Gasteiger charge is -2.17. The highest BCUT2D eigenvalue weighted by Gasteiger charge is 2.18. The minimum Gasteiger partial charge on any atom is -0.357 e. The number of nitrogens with one attached hydrogen (secondary N) is 1. The van der Waals surface area contributed by atoms with Crippen LogP contribution in [0.4, 0.5) is 5.82 Å². The summed E-state index contributed by atoms with van der Waals surface area (Å²) in [6, 6.07) is 5.37. The average molecular weight is 352 g/mol. The van der Waals surface area contributed by atoms with Crippen LogP contribution in [0.1, 0.15) is 29.2 Å². The number of sulfonamides is 1. The summed E-state index contributed by atoms with van der Waals surface area (Å²) in [7, 11) is -3.51. The molecule has 1 saturated heterocycles. The molecule has 0 atom stereocenters. The molecule has 3 heterocycles. The van der Waals surface area contributed by atoms with E-state index in [0.29, 0.717) is 10.0 Å². The molecule has 0 aliphatic carbocycles. The fraction of sp³-hybridized carbons (Fsp3) is 0.467. The van der Waals surface area contributed by atoms with Gasteiger partial charge in [-0.3, -0.25) is 0 Å². The lowest BCUT2D eigenvalue weighted by Crippen LogP contribution is -2.25. The van der Waals surface area contributed by atoms with Gasteiger partial charge in [0.25, 0.3) is 0 Å². The molecule has 1 fully saturated rings. The highest BCUT2D eigenvalue weighted by atomic mass is 32.2. The summed E-state index contributed by atoms with van der Waals surface area (Å²) in [5.74, 6) is 1.39. The van der Waals surface area contributed by atoms with Crippen molar-refractivity contribution in [2.75, 3.05) is 18.0 Å². The van der Waals surface area contributed by atoms with Gasteiger partial charge in [-0.25, -0.2) is 23.1 Å². The fourth-order valence-electron chi connectivity index (χ4n) is 2.59. The molecule has 1 aliphatic heterocycles. The maximum Gasteiger partial charge on any atom is 0.250 e. The molecular formula is C15H20N4O2S2. The van der Waals surface area contributed by atoms with E-state index in [1.807, 2.05) is 19.9 Å². The van der Waals surface area contributed by atoms with Crippen molar-refractivity contribution >= 4 is 27.2 Å². The van der Waals surface area contributed by atoms with Gasteiger partial charge in [-0.15, -0.1) is 11.3 Å². The van der Waals surface area contributed by atoms with Crippen LogP contribution < -0.4 is 9.62 Å². The maximum atomic E-state index is 12.3. The summed E-state index contributed by atoms with van der Waals surface area (Å²) in [5, 5.41) is 0. The van der Waals surface area contributed by atoms with Crippen LogP contribution in [0.3, 0.4) is 0 Å². The third-order valence-electron chi connectivity index (χ3n) is 3.72. The van der Waals surface area contributed by atoms with E-state index in [1.165, 1.54) is 24.2 Å². The van der Waals surface area contributed by atoms with Crippen molar-refractivity contribution in [1.29, 1.82) is 0 Å². The molecular weight excluding hydrogens is 332 g/mol. The topological polar surface area (TPSA) is 75.2 Å². The molecule has 3 rings (SSSR count). The monoisotopic (exact) mass is 352 g/mol. The number of aryl methyl sites for hydroxylation is 2. The summed E-state index contributed by atoms with van der Waals surface area (Å²) in [4.78, 5) is 12.0.